The van der Waals surface area contributed by atoms with Gasteiger partial charge in [0.05, 0.1) is 13.3 Å². The molecule has 1 atom stereocenters. The van der Waals surface area contributed by atoms with E-state index >= 15 is 0 Å². The van der Waals surface area contributed by atoms with Gasteiger partial charge in [-0.2, -0.15) is 5.10 Å². The lowest BCUT2D eigenvalue weighted by molar-refractivity contribution is -0.123. The molecule has 1 saturated heterocycles. The minimum absolute atomic E-state index is 0.0713. The molecule has 138 valence electrons. The fraction of sp³-hybridized carbons (Fsp3) is 0.158. The van der Waals surface area contributed by atoms with Crippen LogP contribution in [0.4, 0.5) is 5.69 Å². The van der Waals surface area contributed by atoms with E-state index < -0.39 is 5.25 Å². The summed E-state index contributed by atoms with van der Waals surface area (Å²) in [6, 6.07) is 16.5. The highest BCUT2D eigenvalue weighted by atomic mass is 32.2. The molecular formula is C19H18N4O3S. The normalized spacial score (nSPS) is 18.3. The fourth-order valence-corrected chi connectivity index (χ4v) is 3.29. The molecule has 1 heterocycles. The molecule has 3 rings (SSSR count). The van der Waals surface area contributed by atoms with Gasteiger partial charge in [0, 0.05) is 18.2 Å². The van der Waals surface area contributed by atoms with Crippen molar-refractivity contribution >= 4 is 40.6 Å². The molecule has 0 aliphatic carbocycles. The second-order valence-electron chi connectivity index (χ2n) is 5.64. The van der Waals surface area contributed by atoms with Crippen LogP contribution in [0.1, 0.15) is 12.0 Å². The maximum absolute atomic E-state index is 12.5. The van der Waals surface area contributed by atoms with Gasteiger partial charge in [0.25, 0.3) is 0 Å². The van der Waals surface area contributed by atoms with Crippen LogP contribution < -0.4 is 15.4 Å². The lowest BCUT2D eigenvalue weighted by Gasteiger charge is -2.21. The number of carbonyl (C=O) groups excluding carboxylic acids is 2. The molecule has 2 aromatic carbocycles. The predicted octanol–water partition coefficient (Wildman–Crippen LogP) is 2.65. The van der Waals surface area contributed by atoms with Gasteiger partial charge in [-0.3, -0.25) is 9.59 Å². The third-order valence-electron chi connectivity index (χ3n) is 3.66. The van der Waals surface area contributed by atoms with Crippen LogP contribution in [-0.2, 0) is 9.59 Å². The van der Waals surface area contributed by atoms with Crippen molar-refractivity contribution in [2.45, 2.75) is 11.7 Å². The zero-order valence-electron chi connectivity index (χ0n) is 14.6. The van der Waals surface area contributed by atoms with Crippen LogP contribution in [0.3, 0.4) is 0 Å². The van der Waals surface area contributed by atoms with Crippen molar-refractivity contribution in [1.82, 2.24) is 5.32 Å². The van der Waals surface area contributed by atoms with Crippen molar-refractivity contribution in [3.8, 4) is 5.75 Å². The number of methoxy groups -OCH3 is 1. The predicted molar refractivity (Wildman–Crippen MR) is 107 cm³/mol. The van der Waals surface area contributed by atoms with E-state index in [-0.39, 0.29) is 18.2 Å². The molecule has 1 unspecified atom stereocenters. The number of benzene rings is 2. The molecule has 1 fully saturated rings. The smallest absolute Gasteiger partial charge is 0.238 e. The molecule has 0 saturated carbocycles. The standard InChI is InChI=1S/C19H18N4O3S/c1-26-15-9-5-8-14(10-15)21-18(25)16-11-17(24)22-19(27-16)23-20-12-13-6-3-2-4-7-13/h2-10,12,16H,11H2,1H3,(H,21,25)(H,22,23,24)/b20-12+. The van der Waals surface area contributed by atoms with Crippen LogP contribution in [0, 0.1) is 0 Å². The molecule has 7 nitrogen and oxygen atoms in total. The number of amidine groups is 1. The van der Waals surface area contributed by atoms with Crippen molar-refractivity contribution in [1.29, 1.82) is 0 Å². The highest BCUT2D eigenvalue weighted by molar-refractivity contribution is 8.15. The second-order valence-corrected chi connectivity index (χ2v) is 6.83. The summed E-state index contributed by atoms with van der Waals surface area (Å²) in [5.41, 5.74) is 1.49. The van der Waals surface area contributed by atoms with Gasteiger partial charge < -0.3 is 15.4 Å². The SMILES string of the molecule is COc1cccc(NC(=O)C2CC(=O)N/C(=N/N=C/c3ccccc3)S2)c1. The van der Waals surface area contributed by atoms with Gasteiger partial charge in [0.15, 0.2) is 5.17 Å². The number of anilines is 1. The number of carbonyl (C=O) groups is 2. The number of thioether (sulfide) groups is 1. The van der Waals surface area contributed by atoms with Crippen molar-refractivity contribution in [3.63, 3.8) is 0 Å². The Morgan fingerprint density at radius 1 is 1.26 bits per heavy atom. The maximum Gasteiger partial charge on any atom is 0.238 e. The summed E-state index contributed by atoms with van der Waals surface area (Å²) in [4.78, 5) is 24.4. The van der Waals surface area contributed by atoms with Crippen LogP contribution in [0.15, 0.2) is 64.8 Å². The van der Waals surface area contributed by atoms with Gasteiger partial charge in [0.2, 0.25) is 11.8 Å². The average molecular weight is 382 g/mol. The molecule has 0 spiro atoms. The first-order chi connectivity index (χ1) is 13.1. The van der Waals surface area contributed by atoms with E-state index in [4.69, 9.17) is 4.74 Å². The summed E-state index contributed by atoms with van der Waals surface area (Å²) >= 11 is 1.17. The topological polar surface area (TPSA) is 92.1 Å². The Bertz CT molecular complexity index is 884. The van der Waals surface area contributed by atoms with E-state index in [9.17, 15) is 9.59 Å². The number of nitrogens with one attached hydrogen (secondary N) is 2. The quantitative estimate of drug-likeness (QED) is 0.614. The van der Waals surface area contributed by atoms with Crippen molar-refractivity contribution in [2.75, 3.05) is 12.4 Å². The molecule has 2 amide bonds. The number of ether oxygens (including phenoxy) is 1. The lowest BCUT2D eigenvalue weighted by atomic mass is 10.2. The van der Waals surface area contributed by atoms with Gasteiger partial charge in [-0.05, 0) is 17.7 Å². The molecule has 27 heavy (non-hydrogen) atoms. The molecule has 0 aromatic heterocycles. The largest absolute Gasteiger partial charge is 0.497 e. The van der Waals surface area contributed by atoms with E-state index in [2.05, 4.69) is 20.8 Å². The summed E-state index contributed by atoms with van der Waals surface area (Å²) in [6.07, 6.45) is 1.65. The zero-order valence-corrected chi connectivity index (χ0v) is 15.4. The summed E-state index contributed by atoms with van der Waals surface area (Å²) in [6.45, 7) is 0. The number of rotatable bonds is 5. The third kappa shape index (κ3) is 5.42. The molecule has 2 N–H and O–H groups in total. The first kappa shape index (κ1) is 18.7. The summed E-state index contributed by atoms with van der Waals surface area (Å²) < 4.78 is 5.14. The third-order valence-corrected chi connectivity index (χ3v) is 4.73. The number of amides is 2. The van der Waals surface area contributed by atoms with E-state index in [0.717, 1.165) is 5.56 Å². The van der Waals surface area contributed by atoms with Crippen LogP contribution in [0.2, 0.25) is 0 Å². The first-order valence-electron chi connectivity index (χ1n) is 8.21. The fourth-order valence-electron chi connectivity index (χ4n) is 2.35. The van der Waals surface area contributed by atoms with Crippen LogP contribution in [0.5, 0.6) is 5.75 Å². The van der Waals surface area contributed by atoms with E-state index in [1.54, 1.807) is 37.6 Å². The molecule has 0 radical (unpaired) electrons. The molecule has 1 aliphatic heterocycles. The molecule has 8 heteroatoms. The summed E-state index contributed by atoms with van der Waals surface area (Å²) in [5, 5.41) is 13.1. The Balaban J connectivity index is 1.65. The Hall–Kier alpha value is -3.13. The van der Waals surface area contributed by atoms with Crippen molar-refractivity contribution in [2.24, 2.45) is 10.2 Å². The van der Waals surface area contributed by atoms with Gasteiger partial charge in [-0.15, -0.1) is 5.10 Å². The molecule has 2 aromatic rings. The number of hydrogen-bond acceptors (Lipinski definition) is 6. The van der Waals surface area contributed by atoms with E-state index in [1.165, 1.54) is 11.8 Å². The number of hydrogen-bond donors (Lipinski definition) is 2. The second kappa shape index (κ2) is 9.00. The first-order valence-corrected chi connectivity index (χ1v) is 9.09. The highest BCUT2D eigenvalue weighted by Gasteiger charge is 2.30. The number of nitrogens with zero attached hydrogens (tertiary/aromatic N) is 2. The van der Waals surface area contributed by atoms with Crippen molar-refractivity contribution in [3.05, 3.63) is 60.2 Å². The zero-order chi connectivity index (χ0) is 19.1. The Kier molecular flexibility index (Phi) is 6.22. The Labute approximate surface area is 160 Å². The Morgan fingerprint density at radius 3 is 2.85 bits per heavy atom. The minimum Gasteiger partial charge on any atom is -0.497 e. The lowest BCUT2D eigenvalue weighted by Crippen LogP contribution is -2.41. The summed E-state index contributed by atoms with van der Waals surface area (Å²) in [7, 11) is 1.56. The maximum atomic E-state index is 12.5. The van der Waals surface area contributed by atoms with Gasteiger partial charge >= 0.3 is 0 Å². The monoisotopic (exact) mass is 382 g/mol. The van der Waals surface area contributed by atoms with Crippen LogP contribution in [-0.4, -0.2) is 35.6 Å². The molecule has 0 bridgehead atoms. The molecular weight excluding hydrogens is 364 g/mol. The highest BCUT2D eigenvalue weighted by Crippen LogP contribution is 2.23. The minimum atomic E-state index is -0.587. The van der Waals surface area contributed by atoms with Crippen LogP contribution >= 0.6 is 11.8 Å². The van der Waals surface area contributed by atoms with Gasteiger partial charge in [0.1, 0.15) is 11.0 Å². The van der Waals surface area contributed by atoms with Crippen LogP contribution in [0.25, 0.3) is 0 Å². The molecule has 1 aliphatic rings. The van der Waals surface area contributed by atoms with Gasteiger partial charge in [-0.1, -0.05) is 48.2 Å². The van der Waals surface area contributed by atoms with Gasteiger partial charge in [-0.25, -0.2) is 0 Å². The average Bonchev–Trinajstić information content (AvgIpc) is 2.68. The Morgan fingerprint density at radius 2 is 2.07 bits per heavy atom. The van der Waals surface area contributed by atoms with Crippen molar-refractivity contribution < 1.29 is 14.3 Å². The van der Waals surface area contributed by atoms with E-state index in [1.807, 2.05) is 30.3 Å². The summed E-state index contributed by atoms with van der Waals surface area (Å²) in [5.74, 6) is 0.0930. The van der Waals surface area contributed by atoms with E-state index in [0.29, 0.717) is 16.6 Å².